The van der Waals surface area contributed by atoms with Gasteiger partial charge in [-0.25, -0.2) is 0 Å². The van der Waals surface area contributed by atoms with Crippen molar-refractivity contribution in [1.82, 2.24) is 0 Å². The van der Waals surface area contributed by atoms with Crippen molar-refractivity contribution in [3.8, 4) is 0 Å². The maximum absolute atomic E-state index is 4.01. The van der Waals surface area contributed by atoms with Gasteiger partial charge in [0, 0.05) is 5.92 Å². The molecule has 69 valence electrons. The normalized spacial score (nSPS) is 12.5. The summed E-state index contributed by atoms with van der Waals surface area (Å²) in [6.45, 7) is 12.1. The number of aryl methyl sites for hydroxylation is 2. The third-order valence-electron chi connectivity index (χ3n) is 2.47. The third-order valence-corrected chi connectivity index (χ3v) is 2.47. The zero-order valence-electron chi connectivity index (χ0n) is 8.51. The molecule has 0 aromatic heterocycles. The second kappa shape index (κ2) is 4.27. The first kappa shape index (κ1) is 10.0. The van der Waals surface area contributed by atoms with E-state index in [9.17, 15) is 0 Å². The molecule has 0 heteroatoms. The Hall–Kier alpha value is -1.04. The van der Waals surface area contributed by atoms with Crippen molar-refractivity contribution >= 4 is 0 Å². The highest BCUT2D eigenvalue weighted by atomic mass is 14.1. The molecular weight excluding hydrogens is 156 g/mol. The minimum Gasteiger partial charge on any atom is -0.102 e. The van der Waals surface area contributed by atoms with E-state index in [1.165, 1.54) is 16.7 Å². The van der Waals surface area contributed by atoms with Crippen LogP contribution in [0, 0.1) is 13.8 Å². The van der Waals surface area contributed by atoms with E-state index in [1.807, 2.05) is 6.08 Å². The molecule has 13 heavy (non-hydrogen) atoms. The fourth-order valence-electron chi connectivity index (χ4n) is 1.44. The Morgan fingerprint density at radius 3 is 2.69 bits per heavy atom. The van der Waals surface area contributed by atoms with Gasteiger partial charge in [-0.05, 0) is 37.0 Å². The van der Waals surface area contributed by atoms with Crippen molar-refractivity contribution in [1.29, 1.82) is 0 Å². The molecule has 0 amide bonds. The first-order valence-corrected chi connectivity index (χ1v) is 4.74. The van der Waals surface area contributed by atoms with E-state index in [0.717, 1.165) is 6.42 Å². The van der Waals surface area contributed by atoms with Crippen LogP contribution >= 0.6 is 0 Å². The van der Waals surface area contributed by atoms with Gasteiger partial charge in [-0.3, -0.25) is 0 Å². The number of hydrogen-bond donors (Lipinski definition) is 0. The lowest BCUT2D eigenvalue weighted by Gasteiger charge is -2.10. The van der Waals surface area contributed by atoms with Gasteiger partial charge < -0.3 is 0 Å². The zero-order chi connectivity index (χ0) is 9.84. The van der Waals surface area contributed by atoms with Crippen molar-refractivity contribution in [3.63, 3.8) is 0 Å². The fraction of sp³-hybridized carbons (Fsp3) is 0.308. The molecule has 0 heterocycles. The fourth-order valence-corrected chi connectivity index (χ4v) is 1.44. The molecule has 0 aliphatic rings. The van der Waals surface area contributed by atoms with Crippen LogP contribution in [0.2, 0.25) is 0 Å². The molecule has 0 fully saturated rings. The lowest BCUT2D eigenvalue weighted by molar-refractivity contribution is 1.04. The van der Waals surface area contributed by atoms with Crippen LogP contribution in [0.25, 0.3) is 0 Å². The smallest absolute Gasteiger partial charge is 0.00157 e. The van der Waals surface area contributed by atoms with Gasteiger partial charge in [0.15, 0.2) is 0 Å². The van der Waals surface area contributed by atoms with E-state index < -0.39 is 0 Å². The summed E-state index contributed by atoms with van der Waals surface area (Å²) in [7, 11) is 0. The summed E-state index contributed by atoms with van der Waals surface area (Å²) in [5, 5.41) is 0. The van der Waals surface area contributed by atoms with Crippen LogP contribution in [-0.2, 0) is 6.42 Å². The average molecular weight is 173 g/mol. The third kappa shape index (κ3) is 2.21. The minimum absolute atomic E-state index is 0.214. The number of benzene rings is 1. The van der Waals surface area contributed by atoms with Gasteiger partial charge in [-0.2, -0.15) is 0 Å². The molecule has 0 aliphatic heterocycles. The summed E-state index contributed by atoms with van der Waals surface area (Å²) in [5.41, 5.74) is 4.04. The van der Waals surface area contributed by atoms with Crippen molar-refractivity contribution in [2.24, 2.45) is 0 Å². The van der Waals surface area contributed by atoms with Gasteiger partial charge in [0.1, 0.15) is 0 Å². The summed E-state index contributed by atoms with van der Waals surface area (Å²) in [5.74, 6) is 0.214. The quantitative estimate of drug-likeness (QED) is 0.612. The topological polar surface area (TPSA) is 0 Å². The summed E-state index contributed by atoms with van der Waals surface area (Å²) in [6.07, 6.45) is 2.97. The van der Waals surface area contributed by atoms with Crippen molar-refractivity contribution in [3.05, 3.63) is 54.5 Å². The van der Waals surface area contributed by atoms with E-state index in [2.05, 4.69) is 45.5 Å². The molecule has 1 radical (unpaired) electrons. The van der Waals surface area contributed by atoms with E-state index in [0.29, 0.717) is 0 Å². The molecule has 1 atom stereocenters. The Morgan fingerprint density at radius 2 is 2.15 bits per heavy atom. The molecule has 0 bridgehead atoms. The Kier molecular flexibility index (Phi) is 3.30. The van der Waals surface area contributed by atoms with Gasteiger partial charge >= 0.3 is 0 Å². The van der Waals surface area contributed by atoms with Crippen molar-refractivity contribution in [2.75, 3.05) is 0 Å². The summed E-state index contributed by atoms with van der Waals surface area (Å²) >= 11 is 0. The van der Waals surface area contributed by atoms with E-state index >= 15 is 0 Å². The van der Waals surface area contributed by atoms with Crippen LogP contribution < -0.4 is 0 Å². The Bertz CT molecular complexity index is 297. The lowest BCUT2D eigenvalue weighted by Crippen LogP contribution is -1.93. The average Bonchev–Trinajstić information content (AvgIpc) is 2.17. The molecule has 1 aromatic rings. The van der Waals surface area contributed by atoms with Gasteiger partial charge in [0.25, 0.3) is 0 Å². The molecule has 0 aliphatic carbocycles. The lowest BCUT2D eigenvalue weighted by atomic mass is 9.96. The van der Waals surface area contributed by atoms with Crippen molar-refractivity contribution < 1.29 is 0 Å². The van der Waals surface area contributed by atoms with Gasteiger partial charge in [0.05, 0.1) is 0 Å². The molecule has 1 unspecified atom stereocenters. The molecule has 0 nitrogen and oxygen atoms in total. The van der Waals surface area contributed by atoms with Crippen LogP contribution in [0.1, 0.15) is 29.5 Å². The molecular formula is C13H17. The Balaban J connectivity index is 3.05. The number of rotatable bonds is 3. The van der Waals surface area contributed by atoms with Crippen LogP contribution in [0.5, 0.6) is 0 Å². The van der Waals surface area contributed by atoms with E-state index in [-0.39, 0.29) is 5.92 Å². The van der Waals surface area contributed by atoms with E-state index in [4.69, 9.17) is 0 Å². The highest BCUT2D eigenvalue weighted by Gasteiger charge is 2.02. The summed E-state index contributed by atoms with van der Waals surface area (Å²) in [4.78, 5) is 0. The predicted molar refractivity (Wildman–Crippen MR) is 58.9 cm³/mol. The first-order chi connectivity index (χ1) is 6.19. The molecule has 0 N–H and O–H groups in total. The highest BCUT2D eigenvalue weighted by molar-refractivity contribution is 5.34. The monoisotopic (exact) mass is 173 g/mol. The van der Waals surface area contributed by atoms with Crippen LogP contribution in [0.4, 0.5) is 0 Å². The van der Waals surface area contributed by atoms with Crippen LogP contribution in [0.15, 0.2) is 30.9 Å². The van der Waals surface area contributed by atoms with Gasteiger partial charge in [-0.15, -0.1) is 6.58 Å². The zero-order valence-corrected chi connectivity index (χ0v) is 8.51. The molecule has 0 saturated carbocycles. The molecule has 0 saturated heterocycles. The summed E-state index contributed by atoms with van der Waals surface area (Å²) < 4.78 is 0. The molecule has 0 spiro atoms. The second-order valence-corrected chi connectivity index (χ2v) is 3.38. The Morgan fingerprint density at radius 1 is 1.46 bits per heavy atom. The molecule has 1 aromatic carbocycles. The van der Waals surface area contributed by atoms with Gasteiger partial charge in [0.2, 0.25) is 0 Å². The Labute approximate surface area is 81.3 Å². The van der Waals surface area contributed by atoms with E-state index in [1.54, 1.807) is 0 Å². The van der Waals surface area contributed by atoms with Crippen LogP contribution in [-0.4, -0.2) is 0 Å². The molecule has 1 rings (SSSR count). The minimum atomic E-state index is 0.214. The maximum Gasteiger partial charge on any atom is 0.00157 e. The van der Waals surface area contributed by atoms with Gasteiger partial charge in [-0.1, -0.05) is 31.2 Å². The maximum atomic E-state index is 4.01. The number of hydrogen-bond acceptors (Lipinski definition) is 0. The number of allylic oxidation sites excluding steroid dienone is 1. The highest BCUT2D eigenvalue weighted by Crippen LogP contribution is 2.19. The SMILES string of the molecule is [CH2]C(C=C)c1ccc(C)c(CC)c1. The summed E-state index contributed by atoms with van der Waals surface area (Å²) in [6, 6.07) is 6.53. The standard InChI is InChI=1S/C13H17/c1-5-10(3)13-8-7-11(4)12(6-2)9-13/h5,7-10H,1,3,6H2,2,4H3. The van der Waals surface area contributed by atoms with Crippen molar-refractivity contribution in [2.45, 2.75) is 26.2 Å². The largest absolute Gasteiger partial charge is 0.102 e. The van der Waals surface area contributed by atoms with Crippen LogP contribution in [0.3, 0.4) is 0 Å². The first-order valence-electron chi connectivity index (χ1n) is 4.74. The predicted octanol–water partition coefficient (Wildman–Crippen LogP) is 3.66. The second-order valence-electron chi connectivity index (χ2n) is 3.38.